The van der Waals surface area contributed by atoms with Gasteiger partial charge >= 0.3 is 0 Å². The number of carbonyl (C=O) groups excluding carboxylic acids is 1. The average Bonchev–Trinajstić information content (AvgIpc) is 2.83. The van der Waals surface area contributed by atoms with Crippen LogP contribution in [0.2, 0.25) is 0 Å². The van der Waals surface area contributed by atoms with Crippen molar-refractivity contribution in [2.24, 2.45) is 0 Å². The van der Waals surface area contributed by atoms with Crippen LogP contribution in [0.3, 0.4) is 0 Å². The molecule has 6 heteroatoms. The zero-order valence-corrected chi connectivity index (χ0v) is 19.0. The number of phenolic OH excluding ortho intramolecular Hbond substituents is 1. The highest BCUT2D eigenvalue weighted by atomic mass is 19.1. The van der Waals surface area contributed by atoms with Crippen molar-refractivity contribution >= 4 is 11.6 Å². The van der Waals surface area contributed by atoms with E-state index in [0.717, 1.165) is 49.3 Å². The van der Waals surface area contributed by atoms with Gasteiger partial charge in [-0.2, -0.15) is 0 Å². The molecule has 0 radical (unpaired) electrons. The van der Waals surface area contributed by atoms with Crippen LogP contribution in [0.1, 0.15) is 34.3 Å². The number of hydrogen-bond acceptors (Lipinski definition) is 4. The first kappa shape index (κ1) is 22.8. The molecule has 1 aliphatic rings. The Hall–Kier alpha value is -3.38. The third-order valence-electron chi connectivity index (χ3n) is 6.21. The number of ether oxygens (including phenoxy) is 1. The van der Waals surface area contributed by atoms with Gasteiger partial charge < -0.3 is 14.7 Å². The highest BCUT2D eigenvalue weighted by Gasteiger charge is 2.31. The quantitative estimate of drug-likeness (QED) is 0.566. The van der Waals surface area contributed by atoms with E-state index < -0.39 is 5.82 Å². The molecule has 0 aromatic heterocycles. The molecular formula is C27H29FN2O3. The maximum absolute atomic E-state index is 14.5. The Kier molecular flexibility index (Phi) is 6.94. The van der Waals surface area contributed by atoms with E-state index in [1.165, 1.54) is 13.2 Å². The molecule has 0 aliphatic carbocycles. The molecule has 1 amide bonds. The lowest BCUT2D eigenvalue weighted by atomic mass is 9.99. The number of rotatable bonds is 6. The van der Waals surface area contributed by atoms with Gasteiger partial charge in [-0.3, -0.25) is 9.69 Å². The Morgan fingerprint density at radius 1 is 1.09 bits per heavy atom. The van der Waals surface area contributed by atoms with E-state index in [2.05, 4.69) is 4.90 Å². The van der Waals surface area contributed by atoms with Crippen molar-refractivity contribution in [3.63, 3.8) is 0 Å². The first-order chi connectivity index (χ1) is 16.0. The monoisotopic (exact) mass is 448 g/mol. The lowest BCUT2D eigenvalue weighted by Gasteiger charge is -2.38. The topological polar surface area (TPSA) is 53.0 Å². The molecule has 5 nitrogen and oxygen atoms in total. The molecule has 0 spiro atoms. The van der Waals surface area contributed by atoms with Gasteiger partial charge in [-0.15, -0.1) is 0 Å². The van der Waals surface area contributed by atoms with Crippen molar-refractivity contribution in [1.82, 2.24) is 4.90 Å². The zero-order valence-electron chi connectivity index (χ0n) is 19.0. The summed E-state index contributed by atoms with van der Waals surface area (Å²) in [6.45, 7) is 4.35. The Balaban J connectivity index is 1.51. The van der Waals surface area contributed by atoms with Crippen molar-refractivity contribution in [3.8, 4) is 11.5 Å². The molecule has 33 heavy (non-hydrogen) atoms. The Labute approximate surface area is 194 Å². The molecule has 4 rings (SSSR count). The Morgan fingerprint density at radius 2 is 1.79 bits per heavy atom. The highest BCUT2D eigenvalue weighted by Crippen LogP contribution is 2.30. The Bertz CT molecular complexity index is 1110. The van der Waals surface area contributed by atoms with E-state index in [1.807, 2.05) is 43.3 Å². The Morgan fingerprint density at radius 3 is 2.45 bits per heavy atom. The molecule has 0 saturated carbocycles. The van der Waals surface area contributed by atoms with Crippen LogP contribution in [0.5, 0.6) is 11.5 Å². The summed E-state index contributed by atoms with van der Waals surface area (Å²) in [6, 6.07) is 19.4. The van der Waals surface area contributed by atoms with E-state index in [4.69, 9.17) is 4.74 Å². The summed E-state index contributed by atoms with van der Waals surface area (Å²) >= 11 is 0. The van der Waals surface area contributed by atoms with Crippen LogP contribution < -0.4 is 9.64 Å². The second-order valence-corrected chi connectivity index (χ2v) is 8.50. The van der Waals surface area contributed by atoms with E-state index in [0.29, 0.717) is 5.75 Å². The van der Waals surface area contributed by atoms with Crippen LogP contribution in [0.25, 0.3) is 0 Å². The average molecular weight is 449 g/mol. The first-order valence-electron chi connectivity index (χ1n) is 11.2. The molecule has 0 atom stereocenters. The van der Waals surface area contributed by atoms with E-state index in [-0.39, 0.29) is 23.3 Å². The number of piperidine rings is 1. The van der Waals surface area contributed by atoms with Crippen LogP contribution in [0.4, 0.5) is 10.1 Å². The molecular weight excluding hydrogens is 419 g/mol. The lowest BCUT2D eigenvalue weighted by molar-refractivity contribution is 0.0954. The fourth-order valence-corrected chi connectivity index (χ4v) is 4.38. The van der Waals surface area contributed by atoms with E-state index >= 15 is 0 Å². The fraction of sp³-hybridized carbons (Fsp3) is 0.296. The van der Waals surface area contributed by atoms with Gasteiger partial charge in [-0.05, 0) is 61.7 Å². The minimum absolute atomic E-state index is 0.0228. The number of halogens is 1. The molecule has 3 aromatic carbocycles. The molecule has 0 bridgehead atoms. The molecule has 172 valence electrons. The maximum atomic E-state index is 14.5. The third kappa shape index (κ3) is 5.17. The summed E-state index contributed by atoms with van der Waals surface area (Å²) in [5.74, 6) is -0.222. The standard InChI is InChI=1S/C27H29FN2O3/c1-19-7-10-21(11-8-19)30(27(32)23-5-3-4-6-24(23)28)22-13-15-29(16-14-22)18-20-9-12-25(31)26(17-20)33-2/h3-12,17,22,31H,13-16,18H2,1-2H3. The molecule has 3 aromatic rings. The van der Waals surface area contributed by atoms with Crippen molar-refractivity contribution in [3.05, 3.63) is 89.2 Å². The summed E-state index contributed by atoms with van der Waals surface area (Å²) < 4.78 is 19.7. The number of aromatic hydroxyl groups is 1. The number of amides is 1. The number of benzene rings is 3. The van der Waals surface area contributed by atoms with Gasteiger partial charge in [-0.25, -0.2) is 4.39 Å². The van der Waals surface area contributed by atoms with E-state index in [1.54, 1.807) is 29.2 Å². The number of methoxy groups -OCH3 is 1. The smallest absolute Gasteiger partial charge is 0.261 e. The summed E-state index contributed by atoms with van der Waals surface area (Å²) in [6.07, 6.45) is 1.56. The summed E-state index contributed by atoms with van der Waals surface area (Å²) in [5, 5.41) is 9.82. The molecule has 1 aliphatic heterocycles. The van der Waals surface area contributed by atoms with Crippen molar-refractivity contribution < 1.29 is 19.0 Å². The maximum Gasteiger partial charge on any atom is 0.261 e. The lowest BCUT2D eigenvalue weighted by Crippen LogP contribution is -2.47. The van der Waals surface area contributed by atoms with Crippen LogP contribution in [0.15, 0.2) is 66.7 Å². The molecule has 1 heterocycles. The number of hydrogen-bond donors (Lipinski definition) is 1. The van der Waals surface area contributed by atoms with Gasteiger partial charge in [0.1, 0.15) is 5.82 Å². The summed E-state index contributed by atoms with van der Waals surface area (Å²) in [5.41, 5.74) is 3.05. The van der Waals surface area contributed by atoms with Crippen LogP contribution in [-0.4, -0.2) is 42.2 Å². The number of aryl methyl sites for hydroxylation is 1. The molecule has 1 N–H and O–H groups in total. The number of nitrogens with zero attached hydrogens (tertiary/aromatic N) is 2. The van der Waals surface area contributed by atoms with Gasteiger partial charge in [0.25, 0.3) is 5.91 Å². The van der Waals surface area contributed by atoms with Gasteiger partial charge in [0.15, 0.2) is 11.5 Å². The minimum atomic E-state index is -0.502. The number of anilines is 1. The van der Waals surface area contributed by atoms with Gasteiger partial charge in [0, 0.05) is 31.4 Å². The van der Waals surface area contributed by atoms with Crippen molar-refractivity contribution in [1.29, 1.82) is 0 Å². The summed E-state index contributed by atoms with van der Waals surface area (Å²) in [7, 11) is 1.54. The second-order valence-electron chi connectivity index (χ2n) is 8.50. The zero-order chi connectivity index (χ0) is 23.4. The molecule has 1 fully saturated rings. The predicted molar refractivity (Wildman–Crippen MR) is 127 cm³/mol. The summed E-state index contributed by atoms with van der Waals surface area (Å²) in [4.78, 5) is 17.5. The van der Waals surface area contributed by atoms with Gasteiger partial charge in [-0.1, -0.05) is 35.9 Å². The van der Waals surface area contributed by atoms with Crippen molar-refractivity contribution in [2.45, 2.75) is 32.4 Å². The van der Waals surface area contributed by atoms with Gasteiger partial charge in [0.2, 0.25) is 0 Å². The fourth-order valence-electron chi connectivity index (χ4n) is 4.38. The largest absolute Gasteiger partial charge is 0.504 e. The van der Waals surface area contributed by atoms with Crippen LogP contribution in [0, 0.1) is 12.7 Å². The molecule has 0 unspecified atom stereocenters. The third-order valence-corrected chi connectivity index (χ3v) is 6.21. The number of phenols is 1. The van der Waals surface area contributed by atoms with Crippen LogP contribution >= 0.6 is 0 Å². The normalized spacial score (nSPS) is 14.8. The SMILES string of the molecule is COc1cc(CN2CCC(N(C(=O)c3ccccc3F)c3ccc(C)cc3)CC2)ccc1O. The number of carbonyl (C=O) groups is 1. The molecule has 1 saturated heterocycles. The predicted octanol–water partition coefficient (Wildman–Crippen LogP) is 5.16. The minimum Gasteiger partial charge on any atom is -0.504 e. The second kappa shape index (κ2) is 10.0. The number of likely N-dealkylation sites (tertiary alicyclic amines) is 1. The van der Waals surface area contributed by atoms with Crippen molar-refractivity contribution in [2.75, 3.05) is 25.1 Å². The van der Waals surface area contributed by atoms with Gasteiger partial charge in [0.05, 0.1) is 12.7 Å². The first-order valence-corrected chi connectivity index (χ1v) is 11.2. The van der Waals surface area contributed by atoms with Crippen LogP contribution in [-0.2, 0) is 6.54 Å². The van der Waals surface area contributed by atoms with E-state index in [9.17, 15) is 14.3 Å². The highest BCUT2D eigenvalue weighted by molar-refractivity contribution is 6.06.